The molecule has 7 nitrogen and oxygen atoms in total. The minimum Gasteiger partial charge on any atom is -0.465 e. The number of anilines is 1. The smallest absolute Gasteiger partial charge is 0.321 e. The number of rotatable bonds is 6. The van der Waals surface area contributed by atoms with Crippen LogP contribution in [0.15, 0.2) is 41.8 Å². The van der Waals surface area contributed by atoms with Crippen LogP contribution in [0.1, 0.15) is 17.8 Å². The Labute approximate surface area is 166 Å². The molecular weight excluding hydrogens is 378 g/mol. The first-order chi connectivity index (χ1) is 13.7. The van der Waals surface area contributed by atoms with Gasteiger partial charge in [0.25, 0.3) is 0 Å². The van der Waals surface area contributed by atoms with E-state index in [0.29, 0.717) is 19.1 Å². The average molecular weight is 399 g/mol. The highest BCUT2D eigenvalue weighted by atomic mass is 32.1. The zero-order chi connectivity index (χ0) is 19.7. The number of thiophene rings is 1. The molecule has 0 N–H and O–H groups in total. The van der Waals surface area contributed by atoms with E-state index < -0.39 is 17.9 Å². The molecule has 1 amide bonds. The molecular formula is C20H21N3O4S. The average Bonchev–Trinajstić information content (AvgIpc) is 3.34. The highest BCUT2D eigenvalue weighted by molar-refractivity contribution is 7.10. The summed E-state index contributed by atoms with van der Waals surface area (Å²) >= 11 is 1.51. The number of para-hydroxylation sites is 2. The molecule has 0 aliphatic carbocycles. The van der Waals surface area contributed by atoms with Gasteiger partial charge in [-0.3, -0.25) is 19.1 Å². The number of benzene rings is 1. The van der Waals surface area contributed by atoms with Gasteiger partial charge in [-0.1, -0.05) is 18.2 Å². The Morgan fingerprint density at radius 2 is 2.07 bits per heavy atom. The first-order valence-corrected chi connectivity index (χ1v) is 10.0. The Hall–Kier alpha value is -2.71. The number of esters is 1. The van der Waals surface area contributed by atoms with Crippen molar-refractivity contribution in [1.29, 1.82) is 0 Å². The molecule has 3 heterocycles. The number of hydrogen-bond acceptors (Lipinski definition) is 6. The monoisotopic (exact) mass is 399 g/mol. The maximum Gasteiger partial charge on any atom is 0.321 e. The Balaban J connectivity index is 1.95. The number of fused-ring (bicyclic) bond motifs is 3. The van der Waals surface area contributed by atoms with E-state index in [2.05, 4.69) is 0 Å². The molecule has 0 spiro atoms. The van der Waals surface area contributed by atoms with Gasteiger partial charge in [0, 0.05) is 12.0 Å². The van der Waals surface area contributed by atoms with Gasteiger partial charge < -0.3 is 9.47 Å². The summed E-state index contributed by atoms with van der Waals surface area (Å²) in [5.74, 6) is -1.27. The van der Waals surface area contributed by atoms with Gasteiger partial charge >= 0.3 is 5.97 Å². The fourth-order valence-corrected chi connectivity index (χ4v) is 4.50. The Morgan fingerprint density at radius 1 is 1.25 bits per heavy atom. The number of methoxy groups -OCH3 is 1. The third kappa shape index (κ3) is 2.98. The highest BCUT2D eigenvalue weighted by Gasteiger charge is 2.48. The number of amides is 1. The lowest BCUT2D eigenvalue weighted by Crippen LogP contribution is -2.50. The topological polar surface area (TPSA) is 73.7 Å². The molecule has 2 aromatic heterocycles. The van der Waals surface area contributed by atoms with E-state index in [1.165, 1.54) is 16.2 Å². The van der Waals surface area contributed by atoms with Gasteiger partial charge in [-0.25, -0.2) is 4.98 Å². The number of nitrogens with zero attached hydrogens (tertiary/aromatic N) is 3. The van der Waals surface area contributed by atoms with E-state index in [4.69, 9.17) is 14.5 Å². The van der Waals surface area contributed by atoms with Gasteiger partial charge in [-0.05, 0) is 30.5 Å². The van der Waals surface area contributed by atoms with E-state index in [-0.39, 0.29) is 12.5 Å². The maximum atomic E-state index is 13.4. The van der Waals surface area contributed by atoms with E-state index in [0.717, 1.165) is 15.9 Å². The molecule has 0 fully saturated rings. The van der Waals surface area contributed by atoms with Gasteiger partial charge in [0.2, 0.25) is 11.9 Å². The van der Waals surface area contributed by atoms with Gasteiger partial charge in [-0.15, -0.1) is 11.3 Å². The molecule has 0 radical (unpaired) electrons. The van der Waals surface area contributed by atoms with Crippen LogP contribution in [0.4, 0.5) is 5.95 Å². The molecule has 4 rings (SSSR count). The van der Waals surface area contributed by atoms with Crippen LogP contribution in [-0.2, 0) is 19.1 Å². The van der Waals surface area contributed by atoms with Crippen molar-refractivity contribution in [3.8, 4) is 0 Å². The Morgan fingerprint density at radius 3 is 2.79 bits per heavy atom. The number of carbonyl (C=O) groups excluding carboxylic acids is 2. The van der Waals surface area contributed by atoms with Crippen LogP contribution in [0.3, 0.4) is 0 Å². The third-order valence-electron chi connectivity index (χ3n) is 4.84. The summed E-state index contributed by atoms with van der Waals surface area (Å²) in [5, 5.41) is 1.94. The van der Waals surface area contributed by atoms with Crippen LogP contribution in [0.2, 0.25) is 0 Å². The van der Waals surface area contributed by atoms with E-state index in [1.54, 1.807) is 14.0 Å². The first-order valence-electron chi connectivity index (χ1n) is 9.14. The predicted octanol–water partition coefficient (Wildman–Crippen LogP) is 2.86. The number of hydrogen-bond donors (Lipinski definition) is 0. The van der Waals surface area contributed by atoms with Gasteiger partial charge in [0.1, 0.15) is 0 Å². The molecule has 0 saturated carbocycles. The normalized spacial score (nSPS) is 19.1. The summed E-state index contributed by atoms with van der Waals surface area (Å²) in [7, 11) is 1.58. The molecule has 0 bridgehead atoms. The second kappa shape index (κ2) is 7.73. The number of ether oxygens (including phenoxy) is 2. The molecule has 8 heteroatoms. The molecule has 1 aliphatic rings. The predicted molar refractivity (Wildman–Crippen MR) is 107 cm³/mol. The van der Waals surface area contributed by atoms with Crippen molar-refractivity contribution in [1.82, 2.24) is 9.55 Å². The third-order valence-corrected chi connectivity index (χ3v) is 5.78. The van der Waals surface area contributed by atoms with Gasteiger partial charge in [0.15, 0.2) is 5.92 Å². The number of imidazole rings is 1. The summed E-state index contributed by atoms with van der Waals surface area (Å²) in [5.41, 5.74) is 1.65. The zero-order valence-corrected chi connectivity index (χ0v) is 16.5. The molecule has 1 aliphatic heterocycles. The highest BCUT2D eigenvalue weighted by Crippen LogP contribution is 2.42. The second-order valence-electron chi connectivity index (χ2n) is 6.44. The van der Waals surface area contributed by atoms with Crippen molar-refractivity contribution in [3.63, 3.8) is 0 Å². The second-order valence-corrected chi connectivity index (χ2v) is 7.42. The van der Waals surface area contributed by atoms with Crippen molar-refractivity contribution in [3.05, 3.63) is 46.7 Å². The summed E-state index contributed by atoms with van der Waals surface area (Å²) < 4.78 is 12.5. The van der Waals surface area contributed by atoms with E-state index in [1.807, 2.05) is 46.3 Å². The van der Waals surface area contributed by atoms with Gasteiger partial charge in [-0.2, -0.15) is 0 Å². The standard InChI is InChI=1S/C20H21N3O4S/c1-3-27-19(25)16-17(15-9-6-12-28-15)23-14-8-5-4-7-13(14)21-20(23)22(18(16)24)10-11-26-2/h4-9,12,16-17H,3,10-11H2,1-2H3/t16-,17+/m1/s1. The van der Waals surface area contributed by atoms with Crippen molar-refractivity contribution in [2.45, 2.75) is 13.0 Å². The molecule has 0 saturated heterocycles. The van der Waals surface area contributed by atoms with Crippen LogP contribution in [0.5, 0.6) is 0 Å². The fourth-order valence-electron chi connectivity index (χ4n) is 3.65. The van der Waals surface area contributed by atoms with Crippen molar-refractivity contribution < 1.29 is 19.1 Å². The van der Waals surface area contributed by atoms with Crippen LogP contribution in [0, 0.1) is 5.92 Å². The van der Waals surface area contributed by atoms with Crippen molar-refractivity contribution >= 4 is 40.2 Å². The minimum atomic E-state index is -0.972. The van der Waals surface area contributed by atoms with Crippen molar-refractivity contribution in [2.24, 2.45) is 5.92 Å². The fraction of sp³-hybridized carbons (Fsp3) is 0.350. The summed E-state index contributed by atoms with van der Waals surface area (Å²) in [6.07, 6.45) is 0. The van der Waals surface area contributed by atoms with E-state index >= 15 is 0 Å². The molecule has 146 valence electrons. The Kier molecular flexibility index (Phi) is 5.15. The first kappa shape index (κ1) is 18.6. The summed E-state index contributed by atoms with van der Waals surface area (Å²) in [4.78, 5) is 33.4. The maximum absolute atomic E-state index is 13.4. The lowest BCUT2D eigenvalue weighted by atomic mass is 9.94. The lowest BCUT2D eigenvalue weighted by molar-refractivity contribution is -0.153. The van der Waals surface area contributed by atoms with E-state index in [9.17, 15) is 9.59 Å². The SMILES string of the molecule is CCOC(=O)[C@H]1C(=O)N(CCOC)c2nc3ccccc3n2[C@H]1c1cccs1. The van der Waals surface area contributed by atoms with Gasteiger partial charge in [0.05, 0.1) is 36.8 Å². The minimum absolute atomic E-state index is 0.218. The lowest BCUT2D eigenvalue weighted by Gasteiger charge is -2.37. The van der Waals surface area contributed by atoms with Crippen LogP contribution in [-0.4, -0.2) is 48.3 Å². The van der Waals surface area contributed by atoms with Crippen molar-refractivity contribution in [2.75, 3.05) is 31.8 Å². The number of carbonyl (C=O) groups is 2. The number of aromatic nitrogens is 2. The summed E-state index contributed by atoms with van der Waals surface area (Å²) in [6.45, 7) is 2.61. The molecule has 1 aromatic carbocycles. The largest absolute Gasteiger partial charge is 0.465 e. The zero-order valence-electron chi connectivity index (χ0n) is 15.7. The summed E-state index contributed by atoms with van der Waals surface area (Å²) in [6, 6.07) is 11.1. The molecule has 28 heavy (non-hydrogen) atoms. The molecule has 0 unspecified atom stereocenters. The Bertz CT molecular complexity index is 998. The van der Waals surface area contributed by atoms with Crippen LogP contribution < -0.4 is 4.90 Å². The quantitative estimate of drug-likeness (QED) is 0.471. The van der Waals surface area contributed by atoms with Crippen LogP contribution in [0.25, 0.3) is 11.0 Å². The van der Waals surface area contributed by atoms with Crippen LogP contribution >= 0.6 is 11.3 Å². The molecule has 3 aromatic rings. The molecule has 2 atom stereocenters.